The van der Waals surface area contributed by atoms with Crippen molar-refractivity contribution >= 4 is 5.82 Å². The maximum atomic E-state index is 4.56. The minimum Gasteiger partial charge on any atom is -0.364 e. The molecule has 2 heterocycles. The molecular formula is C14H23N5. The third kappa shape index (κ3) is 2.97. The van der Waals surface area contributed by atoms with Crippen LogP contribution >= 0.6 is 0 Å². The molecule has 104 valence electrons. The molecule has 0 aliphatic carbocycles. The van der Waals surface area contributed by atoms with Gasteiger partial charge in [0.05, 0.1) is 5.69 Å². The third-order valence-corrected chi connectivity index (χ3v) is 3.26. The maximum Gasteiger partial charge on any atom is 0.151 e. The summed E-state index contributed by atoms with van der Waals surface area (Å²) in [5.74, 6) is 0.956. The average molecular weight is 261 g/mol. The molecule has 0 radical (unpaired) electrons. The topological polar surface area (TPSA) is 47.7 Å². The molecule has 0 spiro atoms. The number of anilines is 1. The molecule has 2 rings (SSSR count). The van der Waals surface area contributed by atoms with Crippen LogP contribution in [-0.2, 0) is 13.1 Å². The van der Waals surface area contributed by atoms with Crippen molar-refractivity contribution in [2.24, 2.45) is 0 Å². The highest BCUT2D eigenvalue weighted by atomic mass is 15.3. The lowest BCUT2D eigenvalue weighted by molar-refractivity contribution is 0.533. The fourth-order valence-electron chi connectivity index (χ4n) is 2.00. The smallest absolute Gasteiger partial charge is 0.151 e. The Bertz CT molecular complexity index is 550. The van der Waals surface area contributed by atoms with Crippen molar-refractivity contribution in [3.63, 3.8) is 0 Å². The second-order valence-electron chi connectivity index (χ2n) is 5.18. The van der Waals surface area contributed by atoms with Crippen LogP contribution in [0.25, 0.3) is 0 Å². The van der Waals surface area contributed by atoms with Gasteiger partial charge in [-0.15, -0.1) is 0 Å². The van der Waals surface area contributed by atoms with Gasteiger partial charge in [-0.1, -0.05) is 0 Å². The molecule has 2 aromatic rings. The van der Waals surface area contributed by atoms with E-state index in [4.69, 9.17) is 0 Å². The van der Waals surface area contributed by atoms with Crippen molar-refractivity contribution in [3.8, 4) is 0 Å². The first-order chi connectivity index (χ1) is 9.01. The minimum absolute atomic E-state index is 0.388. The number of nitrogens with one attached hydrogen (secondary N) is 1. The lowest BCUT2D eigenvalue weighted by Crippen LogP contribution is -2.04. The van der Waals surface area contributed by atoms with Gasteiger partial charge in [-0.25, -0.2) is 0 Å². The van der Waals surface area contributed by atoms with Gasteiger partial charge in [-0.05, 0) is 34.6 Å². The summed E-state index contributed by atoms with van der Waals surface area (Å²) in [6.07, 6.45) is 4.17. The molecule has 0 fully saturated rings. The van der Waals surface area contributed by atoms with E-state index >= 15 is 0 Å². The Hall–Kier alpha value is -1.78. The van der Waals surface area contributed by atoms with Crippen LogP contribution in [0.5, 0.6) is 0 Å². The molecule has 19 heavy (non-hydrogen) atoms. The standard InChI is InChI=1S/C14H23N5/c1-6-18-9-13(12(5)16-18)7-15-14-11(4)8-19(17-14)10(2)3/h8-10H,6-7H2,1-5H3,(H,15,17). The van der Waals surface area contributed by atoms with Crippen molar-refractivity contribution in [2.45, 2.75) is 53.8 Å². The number of aromatic nitrogens is 4. The van der Waals surface area contributed by atoms with E-state index in [1.807, 2.05) is 16.3 Å². The summed E-state index contributed by atoms with van der Waals surface area (Å²) in [4.78, 5) is 0. The van der Waals surface area contributed by atoms with Gasteiger partial charge in [0.25, 0.3) is 0 Å². The largest absolute Gasteiger partial charge is 0.364 e. The fraction of sp³-hybridized carbons (Fsp3) is 0.571. The van der Waals surface area contributed by atoms with Crippen molar-refractivity contribution < 1.29 is 0 Å². The summed E-state index contributed by atoms with van der Waals surface area (Å²) >= 11 is 0. The highest BCUT2D eigenvalue weighted by molar-refractivity contribution is 5.42. The second-order valence-corrected chi connectivity index (χ2v) is 5.18. The number of hydrogen-bond acceptors (Lipinski definition) is 3. The van der Waals surface area contributed by atoms with Crippen LogP contribution in [0.15, 0.2) is 12.4 Å². The number of rotatable bonds is 5. The Morgan fingerprint density at radius 3 is 2.47 bits per heavy atom. The van der Waals surface area contributed by atoms with Crippen LogP contribution < -0.4 is 5.32 Å². The predicted molar refractivity (Wildman–Crippen MR) is 77.3 cm³/mol. The molecular weight excluding hydrogens is 238 g/mol. The molecule has 0 atom stereocenters. The molecule has 1 N–H and O–H groups in total. The molecule has 0 unspecified atom stereocenters. The lowest BCUT2D eigenvalue weighted by atomic mass is 10.2. The van der Waals surface area contributed by atoms with E-state index in [0.29, 0.717) is 6.04 Å². The van der Waals surface area contributed by atoms with Gasteiger partial charge < -0.3 is 5.32 Å². The van der Waals surface area contributed by atoms with Crippen LogP contribution in [0.2, 0.25) is 0 Å². The second kappa shape index (κ2) is 5.47. The highest BCUT2D eigenvalue weighted by Crippen LogP contribution is 2.16. The first-order valence-corrected chi connectivity index (χ1v) is 6.83. The quantitative estimate of drug-likeness (QED) is 0.900. The first-order valence-electron chi connectivity index (χ1n) is 6.83. The SMILES string of the molecule is CCn1cc(CNc2nn(C(C)C)cc2C)c(C)n1. The Morgan fingerprint density at radius 2 is 1.95 bits per heavy atom. The Balaban J connectivity index is 2.07. The van der Waals surface area contributed by atoms with E-state index in [1.54, 1.807) is 0 Å². The van der Waals surface area contributed by atoms with Gasteiger partial charge in [0.2, 0.25) is 0 Å². The third-order valence-electron chi connectivity index (χ3n) is 3.26. The zero-order valence-corrected chi connectivity index (χ0v) is 12.4. The van der Waals surface area contributed by atoms with E-state index in [1.165, 1.54) is 11.1 Å². The number of hydrogen-bond donors (Lipinski definition) is 1. The van der Waals surface area contributed by atoms with Gasteiger partial charge in [-0.2, -0.15) is 10.2 Å². The van der Waals surface area contributed by atoms with Crippen molar-refractivity contribution in [3.05, 3.63) is 29.2 Å². The summed E-state index contributed by atoms with van der Waals surface area (Å²) in [5, 5.41) is 12.4. The number of nitrogens with zero attached hydrogens (tertiary/aromatic N) is 4. The van der Waals surface area contributed by atoms with E-state index in [2.05, 4.69) is 55.6 Å². The van der Waals surface area contributed by atoms with Gasteiger partial charge >= 0.3 is 0 Å². The molecule has 0 aliphatic rings. The van der Waals surface area contributed by atoms with Crippen LogP contribution in [0.1, 0.15) is 43.6 Å². The van der Waals surface area contributed by atoms with Crippen LogP contribution in [0, 0.1) is 13.8 Å². The van der Waals surface area contributed by atoms with Gasteiger partial charge in [0.1, 0.15) is 0 Å². The van der Waals surface area contributed by atoms with E-state index < -0.39 is 0 Å². The summed E-state index contributed by atoms with van der Waals surface area (Å²) in [5.41, 5.74) is 3.48. The summed E-state index contributed by atoms with van der Waals surface area (Å²) in [6, 6.07) is 0.388. The molecule has 5 nitrogen and oxygen atoms in total. The molecule has 0 amide bonds. The van der Waals surface area contributed by atoms with Crippen LogP contribution in [0.3, 0.4) is 0 Å². The molecule has 0 bridgehead atoms. The lowest BCUT2D eigenvalue weighted by Gasteiger charge is -2.05. The van der Waals surface area contributed by atoms with Crippen molar-refractivity contribution in [1.82, 2.24) is 19.6 Å². The molecule has 0 saturated carbocycles. The molecule has 2 aromatic heterocycles. The highest BCUT2D eigenvalue weighted by Gasteiger charge is 2.09. The van der Waals surface area contributed by atoms with Gasteiger partial charge in [0.15, 0.2) is 5.82 Å². The summed E-state index contributed by atoms with van der Waals surface area (Å²) in [6.45, 7) is 12.2. The Labute approximate surface area is 114 Å². The normalized spacial score (nSPS) is 11.3. The van der Waals surface area contributed by atoms with Gasteiger partial charge in [0, 0.05) is 42.7 Å². The monoisotopic (exact) mass is 261 g/mol. The molecule has 0 aliphatic heterocycles. The van der Waals surface area contributed by atoms with E-state index in [9.17, 15) is 0 Å². The average Bonchev–Trinajstić information content (AvgIpc) is 2.90. The van der Waals surface area contributed by atoms with E-state index in [-0.39, 0.29) is 0 Å². The fourth-order valence-corrected chi connectivity index (χ4v) is 2.00. The van der Waals surface area contributed by atoms with Crippen molar-refractivity contribution in [1.29, 1.82) is 0 Å². The maximum absolute atomic E-state index is 4.56. The Morgan fingerprint density at radius 1 is 1.21 bits per heavy atom. The van der Waals surface area contributed by atoms with Crippen LogP contribution in [0.4, 0.5) is 5.82 Å². The first kappa shape index (κ1) is 13.6. The van der Waals surface area contributed by atoms with Crippen molar-refractivity contribution in [2.75, 3.05) is 5.32 Å². The van der Waals surface area contributed by atoms with Gasteiger partial charge in [-0.3, -0.25) is 9.36 Å². The number of aryl methyl sites for hydroxylation is 3. The zero-order valence-electron chi connectivity index (χ0n) is 12.4. The zero-order chi connectivity index (χ0) is 14.0. The predicted octanol–water partition coefficient (Wildman–Crippen LogP) is 2.91. The van der Waals surface area contributed by atoms with Crippen LogP contribution in [-0.4, -0.2) is 19.6 Å². The molecule has 0 aromatic carbocycles. The molecule has 5 heteroatoms. The van der Waals surface area contributed by atoms with E-state index in [0.717, 1.165) is 24.6 Å². The Kier molecular flexibility index (Phi) is 3.93. The summed E-state index contributed by atoms with van der Waals surface area (Å²) < 4.78 is 3.95. The summed E-state index contributed by atoms with van der Waals surface area (Å²) in [7, 11) is 0. The minimum atomic E-state index is 0.388. The molecule has 0 saturated heterocycles.